The molecule has 0 N–H and O–H groups in total. The lowest BCUT2D eigenvalue weighted by molar-refractivity contribution is -0.169. The summed E-state index contributed by atoms with van der Waals surface area (Å²) in [5.41, 5.74) is 1.57. The number of hydrogen-bond donors (Lipinski definition) is 0. The number of alkyl halides is 3. The second-order valence-electron chi connectivity index (χ2n) is 8.73. The number of imide groups is 1. The van der Waals surface area contributed by atoms with Crippen LogP contribution in [0.1, 0.15) is 48.8 Å². The number of halogens is 4. The molecular weight excluding hydrogens is 471 g/mol. The summed E-state index contributed by atoms with van der Waals surface area (Å²) >= 11 is 6.03. The van der Waals surface area contributed by atoms with E-state index in [4.69, 9.17) is 21.1 Å². The van der Waals surface area contributed by atoms with Crippen LogP contribution in [0, 0.1) is 5.92 Å². The molecule has 2 amide bonds. The predicted molar refractivity (Wildman–Crippen MR) is 119 cm³/mol. The summed E-state index contributed by atoms with van der Waals surface area (Å²) in [5, 5.41) is 0.517. The van der Waals surface area contributed by atoms with Crippen molar-refractivity contribution in [1.82, 2.24) is 4.90 Å². The molecule has 4 atom stereocenters. The van der Waals surface area contributed by atoms with Gasteiger partial charge < -0.3 is 9.47 Å². The summed E-state index contributed by atoms with van der Waals surface area (Å²) in [6.45, 7) is 0.243. The number of carbonyl (C=O) groups is 2. The predicted octanol–water partition coefficient (Wildman–Crippen LogP) is 6.28. The molecule has 5 nitrogen and oxygen atoms in total. The molecule has 2 aliphatic rings. The molecule has 4 unspecified atom stereocenters. The van der Waals surface area contributed by atoms with Gasteiger partial charge in [-0.2, -0.15) is 13.2 Å². The number of amides is 2. The molecule has 4 rings (SSSR count). The van der Waals surface area contributed by atoms with Gasteiger partial charge in [0.2, 0.25) is 5.91 Å². The van der Waals surface area contributed by atoms with Gasteiger partial charge in [-0.1, -0.05) is 54.1 Å². The van der Waals surface area contributed by atoms with Crippen LogP contribution in [0.25, 0.3) is 0 Å². The van der Waals surface area contributed by atoms with E-state index in [9.17, 15) is 22.8 Å². The van der Waals surface area contributed by atoms with Gasteiger partial charge in [0.15, 0.2) is 0 Å². The Labute approximate surface area is 200 Å². The molecule has 0 saturated carbocycles. The van der Waals surface area contributed by atoms with Crippen LogP contribution in [0.15, 0.2) is 54.6 Å². The molecular formula is C25H25ClF3NO4. The summed E-state index contributed by atoms with van der Waals surface area (Å²) in [5.74, 6) is -1.04. The fraction of sp³-hybridized carbons (Fsp3) is 0.440. The van der Waals surface area contributed by atoms with Crippen molar-refractivity contribution in [3.8, 4) is 0 Å². The van der Waals surface area contributed by atoms with Gasteiger partial charge in [-0.15, -0.1) is 0 Å². The first-order valence-electron chi connectivity index (χ1n) is 11.2. The maximum absolute atomic E-state index is 13.4. The number of rotatable bonds is 6. The summed E-state index contributed by atoms with van der Waals surface area (Å²) < 4.78 is 49.5. The zero-order valence-corrected chi connectivity index (χ0v) is 19.1. The van der Waals surface area contributed by atoms with Crippen LogP contribution in [0.5, 0.6) is 0 Å². The summed E-state index contributed by atoms with van der Waals surface area (Å²) in [4.78, 5) is 27.0. The zero-order valence-electron chi connectivity index (χ0n) is 18.3. The summed E-state index contributed by atoms with van der Waals surface area (Å²) in [6, 6.07) is 15.5. The second kappa shape index (κ2) is 10.4. The Morgan fingerprint density at radius 3 is 2.50 bits per heavy atom. The van der Waals surface area contributed by atoms with Gasteiger partial charge in [-0.05, 0) is 47.9 Å². The fourth-order valence-electron chi connectivity index (χ4n) is 4.85. The van der Waals surface area contributed by atoms with Crippen molar-refractivity contribution < 1.29 is 32.2 Å². The third kappa shape index (κ3) is 5.91. The summed E-state index contributed by atoms with van der Waals surface area (Å²) in [6.07, 6.45) is -6.38. The van der Waals surface area contributed by atoms with Gasteiger partial charge in [-0.3, -0.25) is 4.79 Å². The van der Waals surface area contributed by atoms with Crippen LogP contribution in [0.4, 0.5) is 18.0 Å². The highest BCUT2D eigenvalue weighted by Crippen LogP contribution is 2.41. The molecule has 2 aromatic rings. The number of benzene rings is 2. The van der Waals surface area contributed by atoms with Gasteiger partial charge in [0, 0.05) is 18.1 Å². The largest absolute Gasteiger partial charge is 0.446 e. The van der Waals surface area contributed by atoms with Crippen molar-refractivity contribution in [1.29, 1.82) is 0 Å². The van der Waals surface area contributed by atoms with Crippen molar-refractivity contribution in [3.63, 3.8) is 0 Å². The topological polar surface area (TPSA) is 55.8 Å². The second-order valence-corrected chi connectivity index (χ2v) is 9.16. The lowest BCUT2D eigenvalue weighted by Gasteiger charge is -2.35. The van der Waals surface area contributed by atoms with Crippen molar-refractivity contribution in [2.75, 3.05) is 13.2 Å². The standard InChI is InChI=1S/C25H25ClF3NO4/c26-19-8-6-16(7-9-19)21(18-10-11-33-20(12-18)14-25(27,28)29)13-23(31)30-22(15-34-24(30)32)17-4-2-1-3-5-17/h1-9,18,20-22H,10-15H2. The Kier molecular flexibility index (Phi) is 7.48. The highest BCUT2D eigenvalue weighted by atomic mass is 35.5. The molecule has 182 valence electrons. The first-order chi connectivity index (χ1) is 16.2. The minimum Gasteiger partial charge on any atom is -0.446 e. The molecule has 0 spiro atoms. The van der Waals surface area contributed by atoms with E-state index < -0.39 is 42.7 Å². The molecule has 2 aliphatic heterocycles. The summed E-state index contributed by atoms with van der Waals surface area (Å²) in [7, 11) is 0. The van der Waals surface area contributed by atoms with E-state index in [2.05, 4.69) is 0 Å². The van der Waals surface area contributed by atoms with Crippen LogP contribution in [-0.4, -0.2) is 42.4 Å². The maximum atomic E-state index is 13.4. The van der Waals surface area contributed by atoms with Crippen molar-refractivity contribution >= 4 is 23.6 Å². The van der Waals surface area contributed by atoms with E-state index in [1.807, 2.05) is 30.3 Å². The molecule has 0 radical (unpaired) electrons. The normalized spacial score (nSPS) is 24.1. The Morgan fingerprint density at radius 1 is 1.12 bits per heavy atom. The van der Waals surface area contributed by atoms with E-state index in [1.165, 1.54) is 0 Å². The lowest BCUT2D eigenvalue weighted by atomic mass is 9.77. The van der Waals surface area contributed by atoms with Gasteiger partial charge >= 0.3 is 12.3 Å². The van der Waals surface area contributed by atoms with Crippen LogP contribution in [-0.2, 0) is 14.3 Å². The van der Waals surface area contributed by atoms with E-state index in [1.54, 1.807) is 24.3 Å². The van der Waals surface area contributed by atoms with Crippen molar-refractivity contribution in [2.24, 2.45) is 5.92 Å². The lowest BCUT2D eigenvalue weighted by Crippen LogP contribution is -2.37. The van der Waals surface area contributed by atoms with Gasteiger partial charge in [0.05, 0.1) is 12.5 Å². The third-order valence-corrected chi connectivity index (χ3v) is 6.71. The monoisotopic (exact) mass is 495 g/mol. The highest BCUT2D eigenvalue weighted by molar-refractivity contribution is 6.30. The highest BCUT2D eigenvalue weighted by Gasteiger charge is 2.42. The first kappa shape index (κ1) is 24.5. The SMILES string of the molecule is O=C(CC(c1ccc(Cl)cc1)C1CCOC(CC(F)(F)F)C1)N1C(=O)OCC1c1ccccc1. The van der Waals surface area contributed by atoms with Crippen LogP contribution >= 0.6 is 11.6 Å². The average Bonchev–Trinajstić information content (AvgIpc) is 3.19. The van der Waals surface area contributed by atoms with Crippen LogP contribution in [0.2, 0.25) is 5.02 Å². The van der Waals surface area contributed by atoms with E-state index in [0.29, 0.717) is 11.4 Å². The van der Waals surface area contributed by atoms with Crippen LogP contribution in [0.3, 0.4) is 0 Å². The molecule has 2 saturated heterocycles. The molecule has 2 aromatic carbocycles. The zero-order chi connectivity index (χ0) is 24.3. The van der Waals surface area contributed by atoms with Gasteiger partial charge in [-0.25, -0.2) is 9.69 Å². The molecule has 34 heavy (non-hydrogen) atoms. The van der Waals surface area contributed by atoms with Crippen LogP contribution < -0.4 is 0 Å². The number of hydrogen-bond acceptors (Lipinski definition) is 4. The van der Waals surface area contributed by atoms with E-state index >= 15 is 0 Å². The van der Waals surface area contributed by atoms with Crippen molar-refractivity contribution in [3.05, 3.63) is 70.7 Å². The fourth-order valence-corrected chi connectivity index (χ4v) is 4.97. The smallest absolute Gasteiger partial charge is 0.417 e. The minimum atomic E-state index is -4.33. The Balaban J connectivity index is 1.57. The Bertz CT molecular complexity index is 999. The Morgan fingerprint density at radius 2 is 1.82 bits per heavy atom. The van der Waals surface area contributed by atoms with Gasteiger partial charge in [0.25, 0.3) is 0 Å². The number of nitrogens with zero attached hydrogens (tertiary/aromatic N) is 1. The molecule has 0 aliphatic carbocycles. The number of ether oxygens (including phenoxy) is 2. The maximum Gasteiger partial charge on any atom is 0.417 e. The third-order valence-electron chi connectivity index (χ3n) is 6.45. The molecule has 2 heterocycles. The van der Waals surface area contributed by atoms with Gasteiger partial charge in [0.1, 0.15) is 12.6 Å². The quantitative estimate of drug-likeness (QED) is 0.473. The minimum absolute atomic E-state index is 0.0382. The first-order valence-corrected chi connectivity index (χ1v) is 11.6. The number of carbonyl (C=O) groups excluding carboxylic acids is 2. The van der Waals surface area contributed by atoms with E-state index in [0.717, 1.165) is 16.0 Å². The van der Waals surface area contributed by atoms with Crippen molar-refractivity contribution in [2.45, 2.75) is 49.9 Å². The molecule has 0 bridgehead atoms. The Hall–Kier alpha value is -2.58. The number of cyclic esters (lactones) is 1. The molecule has 0 aromatic heterocycles. The van der Waals surface area contributed by atoms with E-state index in [-0.39, 0.29) is 32.0 Å². The molecule has 9 heteroatoms. The molecule has 2 fully saturated rings. The average molecular weight is 496 g/mol.